The Bertz CT molecular complexity index is 1280. The average molecular weight is 480 g/mol. The summed E-state index contributed by atoms with van der Waals surface area (Å²) in [4.78, 5) is 31.1. The van der Waals surface area contributed by atoms with Gasteiger partial charge in [0.05, 0.1) is 31.6 Å². The number of fused-ring (bicyclic) bond motifs is 1. The van der Waals surface area contributed by atoms with Crippen LogP contribution in [0.25, 0.3) is 21.9 Å². The number of methoxy groups -OCH3 is 2. The Morgan fingerprint density at radius 1 is 1.11 bits per heavy atom. The lowest BCUT2D eigenvalue weighted by atomic mass is 9.94. The third-order valence-electron chi connectivity index (χ3n) is 6.19. The molecule has 4 rings (SSSR count). The number of esters is 1. The lowest BCUT2D eigenvalue weighted by molar-refractivity contribution is -0.157. The molecule has 1 aliphatic rings. The minimum absolute atomic E-state index is 0.0916. The Morgan fingerprint density at radius 3 is 2.37 bits per heavy atom. The van der Waals surface area contributed by atoms with Crippen LogP contribution in [0.15, 0.2) is 41.6 Å². The highest BCUT2D eigenvalue weighted by molar-refractivity contribution is 5.95. The molecule has 0 spiro atoms. The van der Waals surface area contributed by atoms with Gasteiger partial charge in [-0.1, -0.05) is 0 Å². The van der Waals surface area contributed by atoms with Gasteiger partial charge in [0.2, 0.25) is 0 Å². The summed E-state index contributed by atoms with van der Waals surface area (Å²) in [6.07, 6.45) is 5.54. The molecule has 8 heteroatoms. The molecule has 0 bridgehead atoms. The lowest BCUT2D eigenvalue weighted by Crippen LogP contribution is -2.47. The van der Waals surface area contributed by atoms with E-state index in [2.05, 4.69) is 9.88 Å². The number of hydrogen-bond acceptors (Lipinski definition) is 7. The normalized spacial score (nSPS) is 14.6. The van der Waals surface area contributed by atoms with Crippen LogP contribution in [0.4, 0.5) is 0 Å². The molecule has 3 aromatic rings. The van der Waals surface area contributed by atoms with Crippen molar-refractivity contribution in [3.8, 4) is 22.6 Å². The van der Waals surface area contributed by atoms with E-state index in [9.17, 15) is 9.59 Å². The molecule has 0 aliphatic carbocycles. The predicted molar refractivity (Wildman–Crippen MR) is 135 cm³/mol. The van der Waals surface area contributed by atoms with Gasteiger partial charge in [-0.3, -0.25) is 19.5 Å². The van der Waals surface area contributed by atoms with Crippen molar-refractivity contribution in [3.05, 3.63) is 52.7 Å². The molecule has 1 aromatic carbocycles. The molecule has 1 fully saturated rings. The van der Waals surface area contributed by atoms with Crippen LogP contribution in [0.5, 0.6) is 11.5 Å². The van der Waals surface area contributed by atoms with Gasteiger partial charge >= 0.3 is 5.97 Å². The van der Waals surface area contributed by atoms with Gasteiger partial charge in [-0.2, -0.15) is 0 Å². The number of hydrogen-bond donors (Lipinski definition) is 0. The molecule has 2 aromatic heterocycles. The molecule has 0 unspecified atom stereocenters. The number of ether oxygens (including phenoxy) is 3. The SMILES string of the molecule is COc1cc(-c2cn(C)c(=O)c3cnccc23)cc(OC)c1CN1CC(CC(=O)OC(C)(C)C)C1. The molecule has 0 N–H and O–H groups in total. The number of benzene rings is 1. The molecule has 3 heterocycles. The number of rotatable bonds is 7. The maximum absolute atomic E-state index is 12.6. The molecule has 1 saturated heterocycles. The molecule has 0 saturated carbocycles. The van der Waals surface area contributed by atoms with Gasteiger partial charge in [-0.15, -0.1) is 0 Å². The first-order valence-corrected chi connectivity index (χ1v) is 11.7. The average Bonchev–Trinajstić information content (AvgIpc) is 2.78. The van der Waals surface area contributed by atoms with Crippen LogP contribution in [-0.4, -0.2) is 53.3 Å². The molecule has 8 nitrogen and oxygen atoms in total. The van der Waals surface area contributed by atoms with Crippen molar-refractivity contribution in [2.45, 2.75) is 39.3 Å². The van der Waals surface area contributed by atoms with Crippen molar-refractivity contribution in [3.63, 3.8) is 0 Å². The zero-order valence-electron chi connectivity index (χ0n) is 21.3. The third kappa shape index (κ3) is 5.32. The number of aryl methyl sites for hydroxylation is 1. The summed E-state index contributed by atoms with van der Waals surface area (Å²) in [6, 6.07) is 5.81. The number of carbonyl (C=O) groups is 1. The summed E-state index contributed by atoms with van der Waals surface area (Å²) in [5.74, 6) is 1.56. The van der Waals surface area contributed by atoms with E-state index in [0.717, 1.165) is 35.2 Å². The van der Waals surface area contributed by atoms with Crippen molar-refractivity contribution in [2.75, 3.05) is 27.3 Å². The van der Waals surface area contributed by atoms with Gasteiger partial charge in [0.25, 0.3) is 5.56 Å². The number of aromatic nitrogens is 2. The first-order valence-electron chi connectivity index (χ1n) is 11.7. The highest BCUT2D eigenvalue weighted by Crippen LogP contribution is 2.38. The smallest absolute Gasteiger partial charge is 0.306 e. The Morgan fingerprint density at radius 2 is 1.77 bits per heavy atom. The van der Waals surface area contributed by atoms with Crippen LogP contribution in [0.1, 0.15) is 32.8 Å². The first-order chi connectivity index (χ1) is 16.6. The van der Waals surface area contributed by atoms with E-state index in [1.54, 1.807) is 38.2 Å². The van der Waals surface area contributed by atoms with Crippen molar-refractivity contribution in [1.82, 2.24) is 14.5 Å². The van der Waals surface area contributed by atoms with E-state index < -0.39 is 5.60 Å². The summed E-state index contributed by atoms with van der Waals surface area (Å²) >= 11 is 0. The fraction of sp³-hybridized carbons (Fsp3) is 0.444. The summed E-state index contributed by atoms with van der Waals surface area (Å²) in [5, 5.41) is 1.39. The molecule has 186 valence electrons. The summed E-state index contributed by atoms with van der Waals surface area (Å²) < 4.78 is 18.6. The number of nitrogens with zero attached hydrogens (tertiary/aromatic N) is 3. The largest absolute Gasteiger partial charge is 0.496 e. The van der Waals surface area contributed by atoms with Crippen molar-refractivity contribution in [2.24, 2.45) is 13.0 Å². The van der Waals surface area contributed by atoms with E-state index in [4.69, 9.17) is 14.2 Å². The molecule has 35 heavy (non-hydrogen) atoms. The van der Waals surface area contributed by atoms with E-state index in [1.807, 2.05) is 45.2 Å². The zero-order valence-corrected chi connectivity index (χ0v) is 21.3. The highest BCUT2D eigenvalue weighted by Gasteiger charge is 2.31. The maximum Gasteiger partial charge on any atom is 0.306 e. The Labute approximate surface area is 205 Å². The van der Waals surface area contributed by atoms with Crippen molar-refractivity contribution >= 4 is 16.7 Å². The van der Waals surface area contributed by atoms with Crippen LogP contribution in [-0.2, 0) is 23.1 Å². The Balaban J connectivity index is 1.57. The minimum Gasteiger partial charge on any atom is -0.496 e. The van der Waals surface area contributed by atoms with Crippen molar-refractivity contribution < 1.29 is 19.0 Å². The first kappa shape index (κ1) is 24.7. The van der Waals surface area contributed by atoms with E-state index in [0.29, 0.717) is 29.9 Å². The summed E-state index contributed by atoms with van der Waals surface area (Å²) in [7, 11) is 5.02. The predicted octanol–water partition coefficient (Wildman–Crippen LogP) is 3.78. The van der Waals surface area contributed by atoms with E-state index >= 15 is 0 Å². The zero-order chi connectivity index (χ0) is 25.3. The van der Waals surface area contributed by atoms with Gasteiger partial charge in [0, 0.05) is 50.8 Å². The van der Waals surface area contributed by atoms with E-state index in [1.165, 1.54) is 0 Å². The summed E-state index contributed by atoms with van der Waals surface area (Å²) in [5.41, 5.74) is 2.18. The molecule has 0 amide bonds. The van der Waals surface area contributed by atoms with Gasteiger partial charge in [-0.25, -0.2) is 0 Å². The van der Waals surface area contributed by atoms with Crippen LogP contribution in [0.2, 0.25) is 0 Å². The van der Waals surface area contributed by atoms with E-state index in [-0.39, 0.29) is 17.4 Å². The molecule has 0 radical (unpaired) electrons. The lowest BCUT2D eigenvalue weighted by Gasteiger charge is -2.39. The molecular weight excluding hydrogens is 446 g/mol. The molecule has 0 atom stereocenters. The Kier molecular flexibility index (Phi) is 6.85. The van der Waals surface area contributed by atoms with Gasteiger partial charge in [-0.05, 0) is 55.8 Å². The van der Waals surface area contributed by atoms with Crippen molar-refractivity contribution in [1.29, 1.82) is 0 Å². The molecular formula is C27H33N3O5. The number of likely N-dealkylation sites (tertiary alicyclic amines) is 1. The van der Waals surface area contributed by atoms with Crippen LogP contribution in [0, 0.1) is 5.92 Å². The minimum atomic E-state index is -0.462. The van der Waals surface area contributed by atoms with Gasteiger partial charge in [0.15, 0.2) is 0 Å². The van der Waals surface area contributed by atoms with Crippen LogP contribution < -0.4 is 15.0 Å². The quantitative estimate of drug-likeness (QED) is 0.477. The second kappa shape index (κ2) is 9.70. The third-order valence-corrected chi connectivity index (χ3v) is 6.19. The van der Waals surface area contributed by atoms with Crippen LogP contribution in [0.3, 0.4) is 0 Å². The maximum atomic E-state index is 12.6. The fourth-order valence-corrected chi connectivity index (χ4v) is 4.61. The van der Waals surface area contributed by atoms with Gasteiger partial charge in [0.1, 0.15) is 17.1 Å². The highest BCUT2D eigenvalue weighted by atomic mass is 16.6. The standard InChI is InChI=1S/C27H33N3O5/c1-27(2,3)35-25(31)9-17-13-30(14-17)16-22-23(33-5)10-18(11-24(22)34-6)21-15-29(4)26(32)20-12-28-8-7-19(20)21/h7-8,10-12,15,17H,9,13-14,16H2,1-6H3. The number of pyridine rings is 2. The molecule has 1 aliphatic heterocycles. The fourth-order valence-electron chi connectivity index (χ4n) is 4.61. The monoisotopic (exact) mass is 479 g/mol. The second-order valence-electron chi connectivity index (χ2n) is 10.1. The Hall–Kier alpha value is -3.39. The number of carbonyl (C=O) groups excluding carboxylic acids is 1. The topological polar surface area (TPSA) is 82.9 Å². The van der Waals surface area contributed by atoms with Gasteiger partial charge < -0.3 is 18.8 Å². The summed E-state index contributed by atoms with van der Waals surface area (Å²) in [6.45, 7) is 7.92. The second-order valence-corrected chi connectivity index (χ2v) is 10.1. The van der Waals surface area contributed by atoms with Crippen LogP contribution >= 0.6 is 0 Å².